The Morgan fingerprint density at radius 2 is 1.71 bits per heavy atom. The molecule has 0 bridgehead atoms. The van der Waals surface area contributed by atoms with Crippen LogP contribution in [0, 0.1) is 27.7 Å². The molecule has 1 aromatic heterocycles. The highest BCUT2D eigenvalue weighted by Crippen LogP contribution is 2.30. The Balaban J connectivity index is 2.74. The standard InChI is InChI=1S/C15H21NO/c1-10-6-7-11(2)15-14(10)12(3)13(4)16(15)8-9-17-5/h6-7H,8-9H2,1-5H3. The van der Waals surface area contributed by atoms with Crippen LogP contribution in [0.2, 0.25) is 0 Å². The summed E-state index contributed by atoms with van der Waals surface area (Å²) in [4.78, 5) is 0. The summed E-state index contributed by atoms with van der Waals surface area (Å²) in [5.41, 5.74) is 6.84. The van der Waals surface area contributed by atoms with Gasteiger partial charge < -0.3 is 9.30 Å². The molecule has 0 saturated carbocycles. The van der Waals surface area contributed by atoms with Crippen LogP contribution in [-0.4, -0.2) is 18.3 Å². The minimum Gasteiger partial charge on any atom is -0.383 e. The second-order valence-electron chi connectivity index (χ2n) is 4.78. The Labute approximate surface area is 103 Å². The number of benzene rings is 1. The molecule has 1 aromatic carbocycles. The van der Waals surface area contributed by atoms with Gasteiger partial charge >= 0.3 is 0 Å². The van der Waals surface area contributed by atoms with E-state index in [1.54, 1.807) is 7.11 Å². The number of aryl methyl sites for hydroxylation is 3. The van der Waals surface area contributed by atoms with Crippen LogP contribution in [0.15, 0.2) is 12.1 Å². The third-order valence-corrected chi connectivity index (χ3v) is 3.70. The van der Waals surface area contributed by atoms with Crippen molar-refractivity contribution >= 4 is 10.9 Å². The van der Waals surface area contributed by atoms with E-state index in [1.165, 1.54) is 33.3 Å². The molecule has 0 unspecified atom stereocenters. The topological polar surface area (TPSA) is 14.2 Å². The van der Waals surface area contributed by atoms with Crippen LogP contribution in [0.1, 0.15) is 22.4 Å². The van der Waals surface area contributed by atoms with Gasteiger partial charge in [-0.25, -0.2) is 0 Å². The van der Waals surface area contributed by atoms with Crippen LogP contribution >= 0.6 is 0 Å². The first-order valence-electron chi connectivity index (χ1n) is 6.12. The van der Waals surface area contributed by atoms with Crippen LogP contribution in [0.25, 0.3) is 10.9 Å². The van der Waals surface area contributed by atoms with Gasteiger partial charge in [0.25, 0.3) is 0 Å². The normalized spacial score (nSPS) is 11.4. The highest BCUT2D eigenvalue weighted by molar-refractivity contribution is 5.90. The molecule has 2 aromatic rings. The maximum absolute atomic E-state index is 5.21. The average Bonchev–Trinajstić information content (AvgIpc) is 2.56. The lowest BCUT2D eigenvalue weighted by Crippen LogP contribution is -2.06. The Morgan fingerprint density at radius 1 is 1.06 bits per heavy atom. The molecule has 0 atom stereocenters. The van der Waals surface area contributed by atoms with Gasteiger partial charge in [-0.1, -0.05) is 12.1 Å². The number of methoxy groups -OCH3 is 1. The number of nitrogens with zero attached hydrogens (tertiary/aromatic N) is 1. The summed E-state index contributed by atoms with van der Waals surface area (Å²) in [5.74, 6) is 0. The average molecular weight is 231 g/mol. The molecule has 2 nitrogen and oxygen atoms in total. The summed E-state index contributed by atoms with van der Waals surface area (Å²) >= 11 is 0. The summed E-state index contributed by atoms with van der Waals surface area (Å²) in [5, 5.41) is 1.42. The Kier molecular flexibility index (Phi) is 3.25. The smallest absolute Gasteiger partial charge is 0.0642 e. The molecule has 0 amide bonds. The molecule has 0 radical (unpaired) electrons. The monoisotopic (exact) mass is 231 g/mol. The van der Waals surface area contributed by atoms with E-state index in [4.69, 9.17) is 4.74 Å². The molecular weight excluding hydrogens is 210 g/mol. The number of ether oxygens (including phenoxy) is 1. The number of hydrogen-bond donors (Lipinski definition) is 0. The van der Waals surface area contributed by atoms with Crippen molar-refractivity contribution < 1.29 is 4.74 Å². The number of fused-ring (bicyclic) bond motifs is 1. The Bertz CT molecular complexity index is 552. The van der Waals surface area contributed by atoms with E-state index in [-0.39, 0.29) is 0 Å². The van der Waals surface area contributed by atoms with Gasteiger partial charge in [-0.3, -0.25) is 0 Å². The molecule has 0 aliphatic carbocycles. The molecule has 0 aliphatic heterocycles. The molecule has 0 fully saturated rings. The van der Waals surface area contributed by atoms with Crippen LogP contribution in [-0.2, 0) is 11.3 Å². The van der Waals surface area contributed by atoms with E-state index in [1.807, 2.05) is 0 Å². The Morgan fingerprint density at radius 3 is 2.35 bits per heavy atom. The van der Waals surface area contributed by atoms with Crippen molar-refractivity contribution in [3.05, 3.63) is 34.5 Å². The predicted octanol–water partition coefficient (Wildman–Crippen LogP) is 3.52. The minimum absolute atomic E-state index is 0.761. The van der Waals surface area contributed by atoms with Gasteiger partial charge in [0.05, 0.1) is 12.1 Å². The fourth-order valence-electron chi connectivity index (χ4n) is 2.63. The van der Waals surface area contributed by atoms with Crippen molar-refractivity contribution in [3.8, 4) is 0 Å². The minimum atomic E-state index is 0.761. The van der Waals surface area contributed by atoms with Gasteiger partial charge in [0.15, 0.2) is 0 Å². The van der Waals surface area contributed by atoms with Crippen LogP contribution in [0.3, 0.4) is 0 Å². The lowest BCUT2D eigenvalue weighted by Gasteiger charge is -2.09. The Hall–Kier alpha value is -1.28. The third kappa shape index (κ3) is 1.87. The molecule has 1 heterocycles. The molecule has 17 heavy (non-hydrogen) atoms. The zero-order valence-electron chi connectivity index (χ0n) is 11.4. The molecule has 2 rings (SSSR count). The van der Waals surface area contributed by atoms with Crippen molar-refractivity contribution in [1.29, 1.82) is 0 Å². The van der Waals surface area contributed by atoms with Crippen molar-refractivity contribution in [1.82, 2.24) is 4.57 Å². The molecule has 0 aliphatic rings. The fraction of sp³-hybridized carbons (Fsp3) is 0.467. The van der Waals surface area contributed by atoms with Gasteiger partial charge in [0.2, 0.25) is 0 Å². The third-order valence-electron chi connectivity index (χ3n) is 3.70. The number of hydrogen-bond acceptors (Lipinski definition) is 1. The van der Waals surface area contributed by atoms with E-state index in [0.717, 1.165) is 13.2 Å². The van der Waals surface area contributed by atoms with Crippen molar-refractivity contribution in [2.24, 2.45) is 0 Å². The maximum atomic E-state index is 5.21. The highest BCUT2D eigenvalue weighted by atomic mass is 16.5. The second kappa shape index (κ2) is 4.53. The fourth-order valence-corrected chi connectivity index (χ4v) is 2.63. The summed E-state index contributed by atoms with van der Waals surface area (Å²) in [7, 11) is 1.76. The molecule has 0 saturated heterocycles. The van der Waals surface area contributed by atoms with Gasteiger partial charge in [-0.05, 0) is 44.4 Å². The maximum Gasteiger partial charge on any atom is 0.0642 e. The zero-order chi connectivity index (χ0) is 12.6. The van der Waals surface area contributed by atoms with Crippen LogP contribution < -0.4 is 0 Å². The van der Waals surface area contributed by atoms with E-state index >= 15 is 0 Å². The molecule has 0 spiro atoms. The van der Waals surface area contributed by atoms with E-state index in [0.29, 0.717) is 0 Å². The van der Waals surface area contributed by atoms with Gasteiger partial charge in [0, 0.05) is 24.7 Å². The SMILES string of the molecule is COCCn1c(C)c(C)c2c(C)ccc(C)c21. The van der Waals surface area contributed by atoms with Crippen LogP contribution in [0.4, 0.5) is 0 Å². The molecule has 92 valence electrons. The first-order valence-corrected chi connectivity index (χ1v) is 6.12. The van der Waals surface area contributed by atoms with Crippen molar-refractivity contribution in [2.75, 3.05) is 13.7 Å². The molecule has 0 N–H and O–H groups in total. The second-order valence-corrected chi connectivity index (χ2v) is 4.78. The highest BCUT2D eigenvalue weighted by Gasteiger charge is 2.14. The van der Waals surface area contributed by atoms with Gasteiger partial charge in [0.1, 0.15) is 0 Å². The summed E-state index contributed by atoms with van der Waals surface area (Å²) in [6.07, 6.45) is 0. The predicted molar refractivity (Wildman–Crippen MR) is 72.8 cm³/mol. The first-order chi connectivity index (χ1) is 8.07. The lowest BCUT2D eigenvalue weighted by atomic mass is 10.0. The van der Waals surface area contributed by atoms with E-state index < -0.39 is 0 Å². The van der Waals surface area contributed by atoms with Crippen molar-refractivity contribution in [2.45, 2.75) is 34.2 Å². The van der Waals surface area contributed by atoms with E-state index in [9.17, 15) is 0 Å². The van der Waals surface area contributed by atoms with Gasteiger partial charge in [-0.2, -0.15) is 0 Å². The largest absolute Gasteiger partial charge is 0.383 e. The summed E-state index contributed by atoms with van der Waals surface area (Å²) in [6.45, 7) is 10.5. The number of aromatic nitrogens is 1. The first kappa shape index (κ1) is 12.2. The summed E-state index contributed by atoms with van der Waals surface area (Å²) in [6, 6.07) is 4.42. The van der Waals surface area contributed by atoms with Crippen molar-refractivity contribution in [3.63, 3.8) is 0 Å². The van der Waals surface area contributed by atoms with E-state index in [2.05, 4.69) is 44.4 Å². The lowest BCUT2D eigenvalue weighted by molar-refractivity contribution is 0.188. The quantitative estimate of drug-likeness (QED) is 0.788. The molecule has 2 heteroatoms. The summed E-state index contributed by atoms with van der Waals surface area (Å²) < 4.78 is 7.59. The van der Waals surface area contributed by atoms with Gasteiger partial charge in [-0.15, -0.1) is 0 Å². The number of rotatable bonds is 3. The zero-order valence-corrected chi connectivity index (χ0v) is 11.4. The van der Waals surface area contributed by atoms with Crippen LogP contribution in [0.5, 0.6) is 0 Å². The molecular formula is C15H21NO.